The van der Waals surface area contributed by atoms with Gasteiger partial charge in [-0.1, -0.05) is 25.1 Å². The minimum atomic E-state index is 0.189. The molecule has 0 fully saturated rings. The molecule has 0 aliphatic carbocycles. The van der Waals surface area contributed by atoms with Crippen molar-refractivity contribution in [3.8, 4) is 5.75 Å². The quantitative estimate of drug-likeness (QED) is 0.837. The molecule has 1 unspecified atom stereocenters. The lowest BCUT2D eigenvalue weighted by molar-refractivity contribution is 0.441. The predicted octanol–water partition coefficient (Wildman–Crippen LogP) is 2.41. The van der Waals surface area contributed by atoms with E-state index in [2.05, 4.69) is 17.3 Å². The van der Waals surface area contributed by atoms with Gasteiger partial charge in [-0.2, -0.15) is 5.10 Å². The van der Waals surface area contributed by atoms with Gasteiger partial charge in [0.15, 0.2) is 0 Å². The van der Waals surface area contributed by atoms with Crippen molar-refractivity contribution in [2.45, 2.75) is 25.8 Å². The summed E-state index contributed by atoms with van der Waals surface area (Å²) in [6.45, 7) is 2.99. The number of hydrogen-bond acceptors (Lipinski definition) is 3. The minimum absolute atomic E-state index is 0.189. The van der Waals surface area contributed by atoms with Gasteiger partial charge in [-0.25, -0.2) is 0 Å². The molecule has 1 aromatic carbocycles. The first-order valence-corrected chi connectivity index (χ1v) is 6.70. The van der Waals surface area contributed by atoms with Gasteiger partial charge in [0.2, 0.25) is 0 Å². The van der Waals surface area contributed by atoms with E-state index in [0.717, 1.165) is 24.9 Å². The second-order valence-electron chi connectivity index (χ2n) is 4.67. The molecule has 1 atom stereocenters. The Labute approximate surface area is 114 Å². The zero-order chi connectivity index (χ0) is 13.7. The van der Waals surface area contributed by atoms with Gasteiger partial charge in [-0.15, -0.1) is 0 Å². The Morgan fingerprint density at radius 2 is 2.11 bits per heavy atom. The Hall–Kier alpha value is -1.81. The van der Waals surface area contributed by atoms with Crippen LogP contribution in [0.4, 0.5) is 0 Å². The number of phenols is 1. The van der Waals surface area contributed by atoms with Crippen LogP contribution in [0.25, 0.3) is 0 Å². The molecule has 0 aliphatic heterocycles. The first-order valence-electron chi connectivity index (χ1n) is 6.70. The monoisotopic (exact) mass is 259 g/mol. The van der Waals surface area contributed by atoms with Gasteiger partial charge in [-0.05, 0) is 18.6 Å². The summed E-state index contributed by atoms with van der Waals surface area (Å²) in [6.07, 6.45) is 3.69. The fourth-order valence-electron chi connectivity index (χ4n) is 2.28. The molecule has 2 rings (SSSR count). The lowest BCUT2D eigenvalue weighted by Gasteiger charge is -2.18. The van der Waals surface area contributed by atoms with Crippen molar-refractivity contribution < 1.29 is 5.11 Å². The molecule has 0 saturated heterocycles. The molecule has 19 heavy (non-hydrogen) atoms. The van der Waals surface area contributed by atoms with E-state index in [1.807, 2.05) is 42.2 Å². The van der Waals surface area contributed by atoms with Crippen LogP contribution in [0, 0.1) is 0 Å². The molecule has 4 heteroatoms. The van der Waals surface area contributed by atoms with Crippen LogP contribution in [-0.4, -0.2) is 21.4 Å². The Morgan fingerprint density at radius 1 is 1.32 bits per heavy atom. The number of benzene rings is 1. The Bertz CT molecular complexity index is 522. The SMILES string of the molecule is CCC(NCCc1ccnn1C)c1ccccc1O. The fourth-order valence-corrected chi connectivity index (χ4v) is 2.28. The van der Waals surface area contributed by atoms with Crippen LogP contribution in [-0.2, 0) is 13.5 Å². The molecular weight excluding hydrogens is 238 g/mol. The van der Waals surface area contributed by atoms with Crippen molar-refractivity contribution in [1.82, 2.24) is 15.1 Å². The molecule has 0 spiro atoms. The molecule has 0 amide bonds. The molecule has 0 radical (unpaired) electrons. The molecule has 1 heterocycles. The summed E-state index contributed by atoms with van der Waals surface area (Å²) in [5.41, 5.74) is 2.18. The fraction of sp³-hybridized carbons (Fsp3) is 0.400. The predicted molar refractivity (Wildman–Crippen MR) is 76.1 cm³/mol. The van der Waals surface area contributed by atoms with Crippen molar-refractivity contribution in [2.24, 2.45) is 7.05 Å². The standard InChI is InChI=1S/C15H21N3O/c1-3-14(13-6-4-5-7-15(13)19)16-10-8-12-9-11-17-18(12)2/h4-7,9,11,14,16,19H,3,8,10H2,1-2H3. The highest BCUT2D eigenvalue weighted by atomic mass is 16.3. The highest BCUT2D eigenvalue weighted by Crippen LogP contribution is 2.25. The lowest BCUT2D eigenvalue weighted by atomic mass is 10.0. The van der Waals surface area contributed by atoms with E-state index in [1.165, 1.54) is 5.69 Å². The number of aryl methyl sites for hydroxylation is 1. The topological polar surface area (TPSA) is 50.1 Å². The van der Waals surface area contributed by atoms with E-state index in [1.54, 1.807) is 6.07 Å². The number of nitrogens with zero attached hydrogens (tertiary/aromatic N) is 2. The van der Waals surface area contributed by atoms with E-state index in [0.29, 0.717) is 5.75 Å². The van der Waals surface area contributed by atoms with Gasteiger partial charge in [0.25, 0.3) is 0 Å². The average molecular weight is 259 g/mol. The van der Waals surface area contributed by atoms with Crippen LogP contribution >= 0.6 is 0 Å². The van der Waals surface area contributed by atoms with Gasteiger partial charge in [0.05, 0.1) is 0 Å². The summed E-state index contributed by atoms with van der Waals surface area (Å²) >= 11 is 0. The van der Waals surface area contributed by atoms with Crippen LogP contribution < -0.4 is 5.32 Å². The molecule has 0 saturated carbocycles. The highest BCUT2D eigenvalue weighted by molar-refractivity contribution is 5.34. The largest absolute Gasteiger partial charge is 0.508 e. The van der Waals surface area contributed by atoms with Gasteiger partial charge in [0.1, 0.15) is 5.75 Å². The van der Waals surface area contributed by atoms with Crippen LogP contribution in [0.15, 0.2) is 36.5 Å². The van der Waals surface area contributed by atoms with Crippen molar-refractivity contribution in [3.05, 3.63) is 47.8 Å². The first-order chi connectivity index (χ1) is 9.22. The third-order valence-corrected chi connectivity index (χ3v) is 3.41. The van der Waals surface area contributed by atoms with Crippen molar-refractivity contribution in [3.63, 3.8) is 0 Å². The Balaban J connectivity index is 1.93. The maximum Gasteiger partial charge on any atom is 0.120 e. The first kappa shape index (κ1) is 13.6. The summed E-state index contributed by atoms with van der Waals surface area (Å²) < 4.78 is 1.89. The second kappa shape index (κ2) is 6.38. The van der Waals surface area contributed by atoms with E-state index < -0.39 is 0 Å². The minimum Gasteiger partial charge on any atom is -0.508 e. The van der Waals surface area contributed by atoms with E-state index >= 15 is 0 Å². The smallest absolute Gasteiger partial charge is 0.120 e. The van der Waals surface area contributed by atoms with E-state index in [4.69, 9.17) is 0 Å². The number of hydrogen-bond donors (Lipinski definition) is 2. The van der Waals surface area contributed by atoms with Crippen LogP contribution in [0.5, 0.6) is 5.75 Å². The van der Waals surface area contributed by atoms with Crippen LogP contribution in [0.2, 0.25) is 0 Å². The lowest BCUT2D eigenvalue weighted by Crippen LogP contribution is -2.24. The number of rotatable bonds is 6. The summed E-state index contributed by atoms with van der Waals surface area (Å²) in [5.74, 6) is 0.363. The van der Waals surface area contributed by atoms with Crippen LogP contribution in [0.3, 0.4) is 0 Å². The van der Waals surface area contributed by atoms with Crippen molar-refractivity contribution in [1.29, 1.82) is 0 Å². The summed E-state index contributed by atoms with van der Waals surface area (Å²) in [7, 11) is 1.95. The third kappa shape index (κ3) is 3.35. The van der Waals surface area contributed by atoms with E-state index in [-0.39, 0.29) is 6.04 Å². The van der Waals surface area contributed by atoms with Gasteiger partial charge in [0, 0.05) is 43.5 Å². The maximum atomic E-state index is 9.89. The average Bonchev–Trinajstić information content (AvgIpc) is 2.82. The zero-order valence-electron chi connectivity index (χ0n) is 11.5. The Morgan fingerprint density at radius 3 is 2.74 bits per heavy atom. The van der Waals surface area contributed by atoms with Crippen molar-refractivity contribution >= 4 is 0 Å². The Kier molecular flexibility index (Phi) is 4.58. The number of aromatic hydroxyl groups is 1. The molecule has 102 valence electrons. The normalized spacial score (nSPS) is 12.5. The molecule has 2 aromatic rings. The molecular formula is C15H21N3O. The molecule has 0 aliphatic rings. The summed E-state index contributed by atoms with van der Waals surface area (Å²) in [6, 6.07) is 9.74. The molecule has 2 N–H and O–H groups in total. The number of aromatic nitrogens is 2. The highest BCUT2D eigenvalue weighted by Gasteiger charge is 2.12. The second-order valence-corrected chi connectivity index (χ2v) is 4.67. The zero-order valence-corrected chi connectivity index (χ0v) is 11.5. The van der Waals surface area contributed by atoms with Gasteiger partial charge in [-0.3, -0.25) is 4.68 Å². The number of phenolic OH excluding ortho intramolecular Hbond substituents is 1. The summed E-state index contributed by atoms with van der Waals surface area (Å²) in [4.78, 5) is 0. The third-order valence-electron chi connectivity index (χ3n) is 3.41. The van der Waals surface area contributed by atoms with Gasteiger partial charge < -0.3 is 10.4 Å². The maximum absolute atomic E-state index is 9.89. The number of para-hydroxylation sites is 1. The molecule has 4 nitrogen and oxygen atoms in total. The molecule has 0 bridgehead atoms. The van der Waals surface area contributed by atoms with Gasteiger partial charge >= 0.3 is 0 Å². The summed E-state index contributed by atoms with van der Waals surface area (Å²) in [5, 5.41) is 17.5. The number of nitrogens with one attached hydrogen (secondary N) is 1. The molecule has 1 aromatic heterocycles. The van der Waals surface area contributed by atoms with E-state index in [9.17, 15) is 5.11 Å². The van der Waals surface area contributed by atoms with Crippen molar-refractivity contribution in [2.75, 3.05) is 6.54 Å². The van der Waals surface area contributed by atoms with Crippen LogP contribution in [0.1, 0.15) is 30.6 Å².